The molecule has 1 unspecified atom stereocenters. The van der Waals surface area contributed by atoms with E-state index in [1.807, 2.05) is 0 Å². The summed E-state index contributed by atoms with van der Waals surface area (Å²) in [6, 6.07) is 14.3. The first-order valence-electron chi connectivity index (χ1n) is 10.3. The Bertz CT molecular complexity index is 1380. The number of hydrogen-bond donors (Lipinski definition) is 2. The van der Waals surface area contributed by atoms with Crippen molar-refractivity contribution < 1.29 is 29.0 Å². The zero-order chi connectivity index (χ0) is 25.5. The molecule has 2 N–H and O–H groups in total. The molecular formula is C25H20Cl2N2O6. The Kier molecular flexibility index (Phi) is 6.36. The van der Waals surface area contributed by atoms with E-state index in [4.69, 9.17) is 32.7 Å². The number of carbonyl (C=O) groups excluding carboxylic acids is 2. The molecule has 1 aliphatic heterocycles. The van der Waals surface area contributed by atoms with Crippen LogP contribution in [0.1, 0.15) is 27.0 Å². The number of alkyl carbamates (subject to hydrolysis) is 1. The quantitative estimate of drug-likeness (QED) is 0.479. The van der Waals surface area contributed by atoms with Crippen LogP contribution >= 0.6 is 23.2 Å². The Morgan fingerprint density at radius 3 is 2.31 bits per heavy atom. The number of aromatic carboxylic acids is 1. The Hall–Kier alpha value is -3.75. The number of halogens is 2. The normalized spacial score (nSPS) is 16.6. The molecule has 1 atom stereocenters. The highest BCUT2D eigenvalue weighted by atomic mass is 35.5. The van der Waals surface area contributed by atoms with Gasteiger partial charge in [0.05, 0.1) is 31.2 Å². The number of methoxy groups -OCH3 is 2. The number of carbonyl (C=O) groups is 3. The molecule has 0 saturated carbocycles. The van der Waals surface area contributed by atoms with Crippen molar-refractivity contribution in [2.75, 3.05) is 19.1 Å². The van der Waals surface area contributed by atoms with E-state index in [1.54, 1.807) is 49.4 Å². The number of fused-ring (bicyclic) bond motifs is 1. The molecule has 8 nitrogen and oxygen atoms in total. The molecule has 4 rings (SSSR count). The van der Waals surface area contributed by atoms with Gasteiger partial charge in [-0.25, -0.2) is 9.59 Å². The molecule has 0 fully saturated rings. The van der Waals surface area contributed by atoms with E-state index >= 15 is 0 Å². The first-order valence-corrected chi connectivity index (χ1v) is 11.1. The lowest BCUT2D eigenvalue weighted by Gasteiger charge is -2.31. The summed E-state index contributed by atoms with van der Waals surface area (Å²) in [6.07, 6.45) is -0.865. The van der Waals surface area contributed by atoms with Gasteiger partial charge in [-0.15, -0.1) is 0 Å². The van der Waals surface area contributed by atoms with Crippen molar-refractivity contribution in [2.45, 2.75) is 12.5 Å². The van der Waals surface area contributed by atoms with Crippen molar-refractivity contribution in [2.24, 2.45) is 0 Å². The third-order valence-electron chi connectivity index (χ3n) is 5.94. The molecule has 0 saturated heterocycles. The second-order valence-electron chi connectivity index (χ2n) is 7.74. The molecular weight excluding hydrogens is 495 g/mol. The van der Waals surface area contributed by atoms with Crippen molar-refractivity contribution in [1.29, 1.82) is 0 Å². The van der Waals surface area contributed by atoms with Gasteiger partial charge in [-0.2, -0.15) is 0 Å². The molecule has 1 aliphatic rings. The molecule has 1 heterocycles. The van der Waals surface area contributed by atoms with E-state index in [1.165, 1.54) is 31.3 Å². The van der Waals surface area contributed by atoms with Gasteiger partial charge in [0.25, 0.3) is 5.91 Å². The smallest absolute Gasteiger partial charge is 0.408 e. The van der Waals surface area contributed by atoms with E-state index in [9.17, 15) is 19.5 Å². The van der Waals surface area contributed by atoms with E-state index in [0.717, 1.165) is 0 Å². The molecule has 0 bridgehead atoms. The number of benzene rings is 3. The number of amides is 2. The lowest BCUT2D eigenvalue weighted by molar-refractivity contribution is -0.122. The van der Waals surface area contributed by atoms with Crippen LogP contribution in [0.2, 0.25) is 10.0 Å². The summed E-state index contributed by atoms with van der Waals surface area (Å²) < 4.78 is 10.4. The number of carboxylic acid groups (broad SMARTS) is 1. The Morgan fingerprint density at radius 1 is 1.00 bits per heavy atom. The number of rotatable bonds is 5. The summed E-state index contributed by atoms with van der Waals surface area (Å²) in [5.74, 6) is -1.54. The van der Waals surface area contributed by atoms with E-state index in [2.05, 4.69) is 5.32 Å². The molecule has 0 aliphatic carbocycles. The second-order valence-corrected chi connectivity index (χ2v) is 8.59. The summed E-state index contributed by atoms with van der Waals surface area (Å²) in [6.45, 7) is 1.59. The summed E-state index contributed by atoms with van der Waals surface area (Å²) >= 11 is 12.9. The Labute approximate surface area is 211 Å². The molecule has 0 spiro atoms. The SMILES string of the molecule is COC(=O)NC1(c2ccccc2Cl)C(=O)N(c2ccc(C(=O)O)c(C)c2OC)c2ccc(Cl)cc21. The molecule has 2 amide bonds. The van der Waals surface area contributed by atoms with Crippen LogP contribution in [0.15, 0.2) is 54.6 Å². The summed E-state index contributed by atoms with van der Waals surface area (Å²) in [5, 5.41) is 12.8. The van der Waals surface area contributed by atoms with Gasteiger partial charge in [-0.05, 0) is 43.3 Å². The number of carboxylic acids is 1. The monoisotopic (exact) mass is 514 g/mol. The van der Waals surface area contributed by atoms with Gasteiger partial charge in [0.15, 0.2) is 5.54 Å². The predicted octanol–water partition coefficient (Wildman–Crippen LogP) is 5.29. The molecule has 0 aromatic heterocycles. The average molecular weight is 515 g/mol. The Morgan fingerprint density at radius 2 is 1.69 bits per heavy atom. The highest BCUT2D eigenvalue weighted by Crippen LogP contribution is 2.52. The highest BCUT2D eigenvalue weighted by molar-refractivity contribution is 6.33. The summed E-state index contributed by atoms with van der Waals surface area (Å²) in [7, 11) is 2.57. The fourth-order valence-electron chi connectivity index (χ4n) is 4.40. The second kappa shape index (κ2) is 9.13. The summed E-state index contributed by atoms with van der Waals surface area (Å²) in [5.41, 5.74) is -0.0940. The minimum absolute atomic E-state index is 0.0265. The van der Waals surface area contributed by atoms with Crippen molar-refractivity contribution in [3.8, 4) is 5.75 Å². The minimum Gasteiger partial charge on any atom is -0.494 e. The molecule has 0 radical (unpaired) electrons. The molecule has 35 heavy (non-hydrogen) atoms. The fraction of sp³-hybridized carbons (Fsp3) is 0.160. The number of anilines is 2. The maximum absolute atomic E-state index is 14.4. The van der Waals surface area contributed by atoms with Crippen LogP contribution in [0.25, 0.3) is 0 Å². The van der Waals surface area contributed by atoms with E-state index in [-0.39, 0.29) is 22.0 Å². The average Bonchev–Trinajstić information content (AvgIpc) is 3.06. The fourth-order valence-corrected chi connectivity index (χ4v) is 4.85. The van der Waals surface area contributed by atoms with Gasteiger partial charge < -0.3 is 14.6 Å². The number of nitrogens with zero attached hydrogens (tertiary/aromatic N) is 1. The Balaban J connectivity index is 2.07. The third-order valence-corrected chi connectivity index (χ3v) is 6.51. The zero-order valence-electron chi connectivity index (χ0n) is 18.9. The van der Waals surface area contributed by atoms with Crippen LogP contribution in [0.3, 0.4) is 0 Å². The van der Waals surface area contributed by atoms with Gasteiger partial charge in [0, 0.05) is 26.7 Å². The molecule has 3 aromatic rings. The number of nitrogens with one attached hydrogen (secondary N) is 1. The van der Waals surface area contributed by atoms with Gasteiger partial charge >= 0.3 is 12.1 Å². The van der Waals surface area contributed by atoms with Crippen LogP contribution in [0.5, 0.6) is 5.75 Å². The lowest BCUT2D eigenvalue weighted by Crippen LogP contribution is -2.53. The first-order chi connectivity index (χ1) is 16.7. The van der Waals surface area contributed by atoms with Crippen LogP contribution < -0.4 is 15.0 Å². The topological polar surface area (TPSA) is 105 Å². The molecule has 180 valence electrons. The van der Waals surface area contributed by atoms with Crippen molar-refractivity contribution in [3.05, 3.63) is 86.9 Å². The van der Waals surface area contributed by atoms with Crippen LogP contribution in [-0.4, -0.2) is 37.3 Å². The van der Waals surface area contributed by atoms with E-state index in [0.29, 0.717) is 27.4 Å². The third kappa shape index (κ3) is 3.75. The predicted molar refractivity (Wildman–Crippen MR) is 131 cm³/mol. The molecule has 10 heteroatoms. The lowest BCUT2D eigenvalue weighted by atomic mass is 9.83. The zero-order valence-corrected chi connectivity index (χ0v) is 20.4. The summed E-state index contributed by atoms with van der Waals surface area (Å²) in [4.78, 5) is 40.0. The van der Waals surface area contributed by atoms with E-state index < -0.39 is 23.5 Å². The maximum atomic E-state index is 14.4. The largest absolute Gasteiger partial charge is 0.494 e. The standard InChI is InChI=1S/C25H20Cl2N2O6/c1-13-15(22(30)31)9-11-20(21(13)34-2)29-19-10-8-14(26)12-17(19)25(23(29)32,28-24(33)35-3)16-6-4-5-7-18(16)27/h4-12H,1-3H3,(H,28,33)(H,30,31). The van der Waals surface area contributed by atoms with Gasteiger partial charge in [0.2, 0.25) is 0 Å². The van der Waals surface area contributed by atoms with Crippen LogP contribution in [0, 0.1) is 6.92 Å². The first kappa shape index (κ1) is 24.4. The van der Waals surface area contributed by atoms with Crippen molar-refractivity contribution in [3.63, 3.8) is 0 Å². The molecule has 3 aromatic carbocycles. The minimum atomic E-state index is -1.80. The van der Waals surface area contributed by atoms with Crippen molar-refractivity contribution >= 4 is 52.5 Å². The van der Waals surface area contributed by atoms with Crippen LogP contribution in [-0.2, 0) is 15.1 Å². The number of hydrogen-bond acceptors (Lipinski definition) is 5. The van der Waals surface area contributed by atoms with Gasteiger partial charge in [-0.3, -0.25) is 15.0 Å². The van der Waals surface area contributed by atoms with Gasteiger partial charge in [-0.1, -0.05) is 41.4 Å². The van der Waals surface area contributed by atoms with Gasteiger partial charge in [0.1, 0.15) is 5.75 Å². The van der Waals surface area contributed by atoms with Crippen molar-refractivity contribution in [1.82, 2.24) is 5.32 Å². The van der Waals surface area contributed by atoms with Crippen LogP contribution in [0.4, 0.5) is 16.2 Å². The highest BCUT2D eigenvalue weighted by Gasteiger charge is 2.55. The number of ether oxygens (including phenoxy) is 2. The maximum Gasteiger partial charge on any atom is 0.408 e.